The van der Waals surface area contributed by atoms with E-state index in [0.717, 1.165) is 0 Å². The van der Waals surface area contributed by atoms with Crippen molar-refractivity contribution < 1.29 is 8.42 Å². The molecule has 11 heavy (non-hydrogen) atoms. The second-order valence-electron chi connectivity index (χ2n) is 2.04. The number of primary sulfonamides is 1. The van der Waals surface area contributed by atoms with Gasteiger partial charge in [0, 0.05) is 10.3 Å². The van der Waals surface area contributed by atoms with Gasteiger partial charge >= 0.3 is 0 Å². The maximum atomic E-state index is 10.6. The Labute approximate surface area is 73.8 Å². The highest BCUT2D eigenvalue weighted by molar-refractivity contribution is 7.88. The molecule has 1 aromatic rings. The third-order valence-corrected chi connectivity index (χ3v) is 3.15. The number of nitrogens with two attached hydrogens (primary N) is 1. The first-order valence-corrected chi connectivity index (χ1v) is 5.68. The van der Waals surface area contributed by atoms with Gasteiger partial charge in [-0.1, -0.05) is 11.6 Å². The zero-order valence-electron chi connectivity index (χ0n) is 5.45. The van der Waals surface area contributed by atoms with Gasteiger partial charge in [0.2, 0.25) is 10.0 Å². The average molecular weight is 212 g/mol. The Kier molecular flexibility index (Phi) is 2.54. The van der Waals surface area contributed by atoms with Crippen LogP contribution in [0, 0.1) is 0 Å². The summed E-state index contributed by atoms with van der Waals surface area (Å²) in [4.78, 5) is 0.664. The Morgan fingerprint density at radius 1 is 1.64 bits per heavy atom. The fraction of sp³-hybridized carbons (Fsp3) is 0.200. The second-order valence-corrected chi connectivity index (χ2v) is 5.09. The minimum atomic E-state index is -3.41. The molecule has 1 aromatic heterocycles. The SMILES string of the molecule is NS(=O)(=O)Cc1cc(Cl)cs1. The Morgan fingerprint density at radius 2 is 2.27 bits per heavy atom. The fourth-order valence-electron chi connectivity index (χ4n) is 0.628. The Bertz CT molecular complexity index is 343. The van der Waals surface area contributed by atoms with Crippen molar-refractivity contribution in [3.05, 3.63) is 21.3 Å². The molecule has 0 spiro atoms. The van der Waals surface area contributed by atoms with E-state index in [1.165, 1.54) is 11.3 Å². The normalized spacial score (nSPS) is 11.8. The zero-order valence-corrected chi connectivity index (χ0v) is 7.84. The molecule has 0 saturated carbocycles. The van der Waals surface area contributed by atoms with Gasteiger partial charge in [0.1, 0.15) is 0 Å². The molecular weight excluding hydrogens is 206 g/mol. The molecule has 0 radical (unpaired) electrons. The van der Waals surface area contributed by atoms with E-state index in [4.69, 9.17) is 16.7 Å². The van der Waals surface area contributed by atoms with Crippen LogP contribution in [0.5, 0.6) is 0 Å². The van der Waals surface area contributed by atoms with Crippen molar-refractivity contribution in [2.75, 3.05) is 0 Å². The quantitative estimate of drug-likeness (QED) is 0.799. The molecule has 0 aliphatic carbocycles. The standard InChI is InChI=1S/C5H6ClNO2S2/c6-4-1-5(10-2-4)3-11(7,8)9/h1-2H,3H2,(H2,7,8,9). The minimum Gasteiger partial charge on any atom is -0.228 e. The van der Waals surface area contributed by atoms with Gasteiger partial charge in [-0.15, -0.1) is 11.3 Å². The van der Waals surface area contributed by atoms with Crippen LogP contribution in [-0.2, 0) is 15.8 Å². The van der Waals surface area contributed by atoms with Crippen molar-refractivity contribution in [1.29, 1.82) is 0 Å². The summed E-state index contributed by atoms with van der Waals surface area (Å²) in [6, 6.07) is 1.59. The van der Waals surface area contributed by atoms with Gasteiger partial charge in [0.25, 0.3) is 0 Å². The van der Waals surface area contributed by atoms with Crippen molar-refractivity contribution >= 4 is 33.0 Å². The third-order valence-electron chi connectivity index (χ3n) is 0.965. The molecule has 0 fully saturated rings. The van der Waals surface area contributed by atoms with E-state index < -0.39 is 10.0 Å². The molecule has 0 saturated heterocycles. The summed E-state index contributed by atoms with van der Waals surface area (Å²) >= 11 is 6.85. The van der Waals surface area contributed by atoms with Gasteiger partial charge in [0.15, 0.2) is 0 Å². The summed E-state index contributed by atoms with van der Waals surface area (Å²) in [5, 5.41) is 7.03. The van der Waals surface area contributed by atoms with Gasteiger partial charge in [-0.25, -0.2) is 13.6 Å². The molecule has 0 aliphatic heterocycles. The summed E-state index contributed by atoms with van der Waals surface area (Å²) in [7, 11) is -3.41. The predicted molar refractivity (Wildman–Crippen MR) is 46.1 cm³/mol. The summed E-state index contributed by atoms with van der Waals surface area (Å²) in [6.07, 6.45) is 0. The number of sulfonamides is 1. The largest absolute Gasteiger partial charge is 0.228 e. The molecule has 0 aliphatic rings. The average Bonchev–Trinajstić information content (AvgIpc) is 2.10. The lowest BCUT2D eigenvalue weighted by molar-refractivity contribution is 0.597. The van der Waals surface area contributed by atoms with Crippen molar-refractivity contribution in [3.63, 3.8) is 0 Å². The molecule has 1 rings (SSSR count). The maximum Gasteiger partial charge on any atom is 0.214 e. The van der Waals surface area contributed by atoms with Crippen molar-refractivity contribution in [2.24, 2.45) is 5.14 Å². The molecule has 1 heterocycles. The van der Waals surface area contributed by atoms with Gasteiger partial charge in [-0.05, 0) is 6.07 Å². The molecule has 3 nitrogen and oxygen atoms in total. The highest BCUT2D eigenvalue weighted by atomic mass is 35.5. The van der Waals surface area contributed by atoms with Crippen LogP contribution in [0.1, 0.15) is 4.88 Å². The van der Waals surface area contributed by atoms with Crippen LogP contribution in [0.4, 0.5) is 0 Å². The smallest absolute Gasteiger partial charge is 0.214 e. The third kappa shape index (κ3) is 3.20. The van der Waals surface area contributed by atoms with Crippen molar-refractivity contribution in [3.8, 4) is 0 Å². The first-order valence-electron chi connectivity index (χ1n) is 2.71. The number of hydrogen-bond donors (Lipinski definition) is 1. The van der Waals surface area contributed by atoms with E-state index >= 15 is 0 Å². The number of thiophene rings is 1. The molecule has 0 atom stereocenters. The minimum absolute atomic E-state index is 0.135. The number of halogens is 1. The number of rotatable bonds is 2. The van der Waals surface area contributed by atoms with Crippen LogP contribution < -0.4 is 5.14 Å². The van der Waals surface area contributed by atoms with Crippen molar-refractivity contribution in [2.45, 2.75) is 5.75 Å². The van der Waals surface area contributed by atoms with Gasteiger partial charge in [-0.3, -0.25) is 0 Å². The van der Waals surface area contributed by atoms with Gasteiger partial charge < -0.3 is 0 Å². The lowest BCUT2D eigenvalue weighted by Gasteiger charge is -1.91. The summed E-state index contributed by atoms with van der Waals surface area (Å²) < 4.78 is 21.1. The Morgan fingerprint density at radius 3 is 2.64 bits per heavy atom. The van der Waals surface area contributed by atoms with E-state index in [9.17, 15) is 8.42 Å². The molecule has 0 aromatic carbocycles. The van der Waals surface area contributed by atoms with E-state index in [1.807, 2.05) is 0 Å². The van der Waals surface area contributed by atoms with Crippen LogP contribution >= 0.6 is 22.9 Å². The zero-order chi connectivity index (χ0) is 8.48. The topological polar surface area (TPSA) is 60.2 Å². The van der Waals surface area contributed by atoms with Crippen LogP contribution in [0.2, 0.25) is 5.02 Å². The van der Waals surface area contributed by atoms with E-state index in [2.05, 4.69) is 0 Å². The molecule has 2 N–H and O–H groups in total. The Hall–Kier alpha value is -0.100. The van der Waals surface area contributed by atoms with Crippen LogP contribution in [0.25, 0.3) is 0 Å². The first kappa shape index (κ1) is 8.99. The lowest BCUT2D eigenvalue weighted by Crippen LogP contribution is -2.13. The van der Waals surface area contributed by atoms with E-state index in [0.29, 0.717) is 9.90 Å². The van der Waals surface area contributed by atoms with Gasteiger partial charge in [-0.2, -0.15) is 0 Å². The molecule has 6 heteroatoms. The van der Waals surface area contributed by atoms with Crippen molar-refractivity contribution in [1.82, 2.24) is 0 Å². The molecule has 0 bridgehead atoms. The molecule has 0 amide bonds. The highest BCUT2D eigenvalue weighted by Gasteiger charge is 2.06. The Balaban J connectivity index is 2.81. The molecular formula is C5H6ClNO2S2. The van der Waals surface area contributed by atoms with Crippen LogP contribution in [-0.4, -0.2) is 8.42 Å². The molecule has 62 valence electrons. The monoisotopic (exact) mass is 211 g/mol. The maximum absolute atomic E-state index is 10.6. The molecule has 0 unspecified atom stereocenters. The van der Waals surface area contributed by atoms with Crippen LogP contribution in [0.15, 0.2) is 11.4 Å². The lowest BCUT2D eigenvalue weighted by atomic mass is 10.5. The second kappa shape index (κ2) is 3.10. The van der Waals surface area contributed by atoms with Gasteiger partial charge in [0.05, 0.1) is 10.8 Å². The fourth-order valence-corrected chi connectivity index (χ4v) is 2.73. The first-order chi connectivity index (χ1) is 4.97. The highest BCUT2D eigenvalue weighted by Crippen LogP contribution is 2.20. The number of hydrogen-bond acceptors (Lipinski definition) is 3. The summed E-state index contributed by atoms with van der Waals surface area (Å²) in [5.74, 6) is -0.135. The summed E-state index contributed by atoms with van der Waals surface area (Å²) in [6.45, 7) is 0. The van der Waals surface area contributed by atoms with E-state index in [1.54, 1.807) is 11.4 Å². The summed E-state index contributed by atoms with van der Waals surface area (Å²) in [5.41, 5.74) is 0. The predicted octanol–water partition coefficient (Wildman–Crippen LogP) is 1.19. The van der Waals surface area contributed by atoms with E-state index in [-0.39, 0.29) is 5.75 Å². The van der Waals surface area contributed by atoms with Crippen LogP contribution in [0.3, 0.4) is 0 Å².